The van der Waals surface area contributed by atoms with Gasteiger partial charge in [-0.3, -0.25) is 4.79 Å². The Hall–Kier alpha value is -1.85. The van der Waals surface area contributed by atoms with Crippen molar-refractivity contribution in [1.82, 2.24) is 14.9 Å². The van der Waals surface area contributed by atoms with Gasteiger partial charge in [-0.1, -0.05) is 0 Å². The van der Waals surface area contributed by atoms with E-state index in [2.05, 4.69) is 15.3 Å². The molecule has 0 atom stereocenters. The molecule has 1 aliphatic rings. The van der Waals surface area contributed by atoms with E-state index in [4.69, 9.17) is 4.74 Å². The number of aromatic nitrogens is 2. The standard InChI is InChI=1S/C13H20N4O2/c1-10-12(15-9-16-13(10)19-2)14-8-11(18)17-6-4-3-5-7-17/h9H,3-8H2,1-2H3,(H,14,15,16). The number of nitrogens with zero attached hydrogens (tertiary/aromatic N) is 3. The fourth-order valence-corrected chi connectivity index (χ4v) is 2.23. The van der Waals surface area contributed by atoms with Crippen LogP contribution in [0.25, 0.3) is 0 Å². The molecule has 1 amide bonds. The first kappa shape index (κ1) is 13.6. The molecule has 6 nitrogen and oxygen atoms in total. The van der Waals surface area contributed by atoms with Gasteiger partial charge in [0.2, 0.25) is 11.8 Å². The molecule has 0 saturated carbocycles. The number of piperidine rings is 1. The Morgan fingerprint density at radius 2 is 2.11 bits per heavy atom. The quantitative estimate of drug-likeness (QED) is 0.885. The molecule has 2 rings (SSSR count). The predicted octanol–water partition coefficient (Wildman–Crippen LogP) is 1.22. The Kier molecular flexibility index (Phi) is 4.54. The van der Waals surface area contributed by atoms with Gasteiger partial charge < -0.3 is 15.0 Å². The van der Waals surface area contributed by atoms with Crippen molar-refractivity contribution < 1.29 is 9.53 Å². The normalized spacial score (nSPS) is 15.2. The third kappa shape index (κ3) is 3.33. The highest BCUT2D eigenvalue weighted by molar-refractivity contribution is 5.80. The molecule has 6 heteroatoms. The van der Waals surface area contributed by atoms with Gasteiger partial charge in [0.25, 0.3) is 0 Å². The number of rotatable bonds is 4. The van der Waals surface area contributed by atoms with Crippen molar-refractivity contribution in [3.63, 3.8) is 0 Å². The summed E-state index contributed by atoms with van der Waals surface area (Å²) in [5, 5.41) is 3.06. The molecule has 1 N–H and O–H groups in total. The summed E-state index contributed by atoms with van der Waals surface area (Å²) in [6, 6.07) is 0. The van der Waals surface area contributed by atoms with Gasteiger partial charge in [-0.15, -0.1) is 0 Å². The highest BCUT2D eigenvalue weighted by Gasteiger charge is 2.16. The monoisotopic (exact) mass is 264 g/mol. The molecule has 0 unspecified atom stereocenters. The number of amides is 1. The molecule has 1 saturated heterocycles. The summed E-state index contributed by atoms with van der Waals surface area (Å²) in [7, 11) is 1.57. The Morgan fingerprint density at radius 3 is 2.79 bits per heavy atom. The molecule has 0 aliphatic carbocycles. The van der Waals surface area contributed by atoms with E-state index in [9.17, 15) is 4.79 Å². The molecule has 0 bridgehead atoms. The van der Waals surface area contributed by atoms with Crippen molar-refractivity contribution in [2.45, 2.75) is 26.2 Å². The summed E-state index contributed by atoms with van der Waals surface area (Å²) in [5.74, 6) is 1.30. The maximum atomic E-state index is 12.0. The lowest BCUT2D eigenvalue weighted by molar-refractivity contribution is -0.130. The number of nitrogens with one attached hydrogen (secondary N) is 1. The maximum Gasteiger partial charge on any atom is 0.241 e. The number of hydrogen-bond donors (Lipinski definition) is 1. The van der Waals surface area contributed by atoms with E-state index < -0.39 is 0 Å². The van der Waals surface area contributed by atoms with Crippen LogP contribution in [0.3, 0.4) is 0 Å². The van der Waals surface area contributed by atoms with E-state index in [1.54, 1.807) is 7.11 Å². The van der Waals surface area contributed by atoms with Crippen molar-refractivity contribution in [2.75, 3.05) is 32.1 Å². The zero-order chi connectivity index (χ0) is 13.7. The molecule has 0 aromatic carbocycles. The fraction of sp³-hybridized carbons (Fsp3) is 0.615. The molecule has 19 heavy (non-hydrogen) atoms. The van der Waals surface area contributed by atoms with Crippen LogP contribution in [-0.4, -0.2) is 47.5 Å². The zero-order valence-corrected chi connectivity index (χ0v) is 11.5. The lowest BCUT2D eigenvalue weighted by Gasteiger charge is -2.26. The summed E-state index contributed by atoms with van der Waals surface area (Å²) in [6.45, 7) is 3.87. The average molecular weight is 264 g/mol. The molecular formula is C13H20N4O2. The summed E-state index contributed by atoms with van der Waals surface area (Å²) >= 11 is 0. The molecule has 1 fully saturated rings. The molecule has 0 radical (unpaired) electrons. The fourth-order valence-electron chi connectivity index (χ4n) is 2.23. The number of ether oxygens (including phenoxy) is 1. The van der Waals surface area contributed by atoms with E-state index in [1.165, 1.54) is 12.7 Å². The molecule has 1 aromatic heterocycles. The van der Waals surface area contributed by atoms with Crippen LogP contribution in [0.2, 0.25) is 0 Å². The minimum absolute atomic E-state index is 0.122. The lowest BCUT2D eigenvalue weighted by atomic mass is 10.1. The van der Waals surface area contributed by atoms with Gasteiger partial charge in [0.1, 0.15) is 12.1 Å². The molecule has 104 valence electrons. The predicted molar refractivity (Wildman–Crippen MR) is 72.2 cm³/mol. The van der Waals surface area contributed by atoms with Crippen LogP contribution in [0.1, 0.15) is 24.8 Å². The number of methoxy groups -OCH3 is 1. The van der Waals surface area contributed by atoms with Crippen LogP contribution in [0, 0.1) is 6.92 Å². The van der Waals surface area contributed by atoms with Gasteiger partial charge >= 0.3 is 0 Å². The van der Waals surface area contributed by atoms with Gasteiger partial charge in [0.05, 0.1) is 19.2 Å². The van der Waals surface area contributed by atoms with Crippen LogP contribution >= 0.6 is 0 Å². The molecule has 1 aliphatic heterocycles. The second-order valence-corrected chi connectivity index (χ2v) is 4.65. The molecule has 1 aromatic rings. The molecular weight excluding hydrogens is 244 g/mol. The van der Waals surface area contributed by atoms with Crippen LogP contribution in [0.5, 0.6) is 5.88 Å². The lowest BCUT2D eigenvalue weighted by Crippen LogP contribution is -2.39. The second-order valence-electron chi connectivity index (χ2n) is 4.65. The third-order valence-electron chi connectivity index (χ3n) is 3.35. The molecule has 2 heterocycles. The smallest absolute Gasteiger partial charge is 0.241 e. The van der Waals surface area contributed by atoms with E-state index in [-0.39, 0.29) is 12.5 Å². The first-order chi connectivity index (χ1) is 9.22. The first-order valence-electron chi connectivity index (χ1n) is 6.59. The topological polar surface area (TPSA) is 67.4 Å². The number of carbonyl (C=O) groups is 1. The highest BCUT2D eigenvalue weighted by atomic mass is 16.5. The first-order valence-corrected chi connectivity index (χ1v) is 6.59. The number of hydrogen-bond acceptors (Lipinski definition) is 5. The van der Waals surface area contributed by atoms with Gasteiger partial charge in [0, 0.05) is 13.1 Å². The summed E-state index contributed by atoms with van der Waals surface area (Å²) in [6.07, 6.45) is 4.86. The highest BCUT2D eigenvalue weighted by Crippen LogP contribution is 2.19. The van der Waals surface area contributed by atoms with Crippen molar-refractivity contribution >= 4 is 11.7 Å². The maximum absolute atomic E-state index is 12.0. The average Bonchev–Trinajstić information content (AvgIpc) is 2.47. The van der Waals surface area contributed by atoms with Gasteiger partial charge in [-0.05, 0) is 26.2 Å². The third-order valence-corrected chi connectivity index (χ3v) is 3.35. The summed E-state index contributed by atoms with van der Waals surface area (Å²) < 4.78 is 5.12. The Bertz CT molecular complexity index is 444. The minimum atomic E-state index is 0.122. The van der Waals surface area contributed by atoms with Crippen molar-refractivity contribution in [2.24, 2.45) is 0 Å². The summed E-state index contributed by atoms with van der Waals surface area (Å²) in [5.41, 5.74) is 0.816. The van der Waals surface area contributed by atoms with Crippen molar-refractivity contribution in [1.29, 1.82) is 0 Å². The Labute approximate surface area is 113 Å². The Morgan fingerprint density at radius 1 is 1.37 bits per heavy atom. The second kappa shape index (κ2) is 6.36. The van der Waals surface area contributed by atoms with Crippen LogP contribution in [0.15, 0.2) is 6.33 Å². The van der Waals surface area contributed by atoms with E-state index in [0.29, 0.717) is 11.7 Å². The summed E-state index contributed by atoms with van der Waals surface area (Å²) in [4.78, 5) is 22.1. The van der Waals surface area contributed by atoms with Crippen molar-refractivity contribution in [3.05, 3.63) is 11.9 Å². The van der Waals surface area contributed by atoms with Crippen LogP contribution in [-0.2, 0) is 4.79 Å². The number of carbonyl (C=O) groups excluding carboxylic acids is 1. The Balaban J connectivity index is 1.93. The minimum Gasteiger partial charge on any atom is -0.481 e. The van der Waals surface area contributed by atoms with Crippen LogP contribution < -0.4 is 10.1 Å². The van der Waals surface area contributed by atoms with Crippen LogP contribution in [0.4, 0.5) is 5.82 Å². The van der Waals surface area contributed by atoms with Gasteiger partial charge in [-0.2, -0.15) is 0 Å². The van der Waals surface area contributed by atoms with Gasteiger partial charge in [0.15, 0.2) is 0 Å². The van der Waals surface area contributed by atoms with Crippen molar-refractivity contribution in [3.8, 4) is 5.88 Å². The SMILES string of the molecule is COc1ncnc(NCC(=O)N2CCCCC2)c1C. The van der Waals surface area contributed by atoms with E-state index in [0.717, 1.165) is 31.5 Å². The van der Waals surface area contributed by atoms with E-state index >= 15 is 0 Å². The number of likely N-dealkylation sites (tertiary alicyclic amines) is 1. The number of anilines is 1. The molecule has 0 spiro atoms. The largest absolute Gasteiger partial charge is 0.481 e. The zero-order valence-electron chi connectivity index (χ0n) is 11.5. The van der Waals surface area contributed by atoms with E-state index in [1.807, 2.05) is 11.8 Å². The van der Waals surface area contributed by atoms with Gasteiger partial charge in [-0.25, -0.2) is 9.97 Å².